The normalized spacial score (nSPS) is 16.9. The van der Waals surface area contributed by atoms with Gasteiger partial charge in [0.15, 0.2) is 0 Å². The molecule has 5 nitrogen and oxygen atoms in total. The minimum atomic E-state index is -0.128. The second-order valence-electron chi connectivity index (χ2n) is 5.60. The lowest BCUT2D eigenvalue weighted by Crippen LogP contribution is -2.38. The Balaban J connectivity index is 1.86. The van der Waals surface area contributed by atoms with Gasteiger partial charge < -0.3 is 15.0 Å². The van der Waals surface area contributed by atoms with Gasteiger partial charge in [0.2, 0.25) is 5.88 Å². The fourth-order valence-corrected chi connectivity index (χ4v) is 3.07. The first-order chi connectivity index (χ1) is 11.6. The molecule has 0 radical (unpaired) electrons. The molecular formula is C17H17Cl2N3O2. The molecule has 2 aromatic rings. The Kier molecular flexibility index (Phi) is 5.23. The van der Waals surface area contributed by atoms with Crippen LogP contribution in [0, 0.1) is 0 Å². The second-order valence-corrected chi connectivity index (χ2v) is 6.44. The number of benzene rings is 1. The van der Waals surface area contributed by atoms with Gasteiger partial charge in [-0.3, -0.25) is 4.79 Å². The molecule has 24 heavy (non-hydrogen) atoms. The van der Waals surface area contributed by atoms with Crippen molar-refractivity contribution in [3.63, 3.8) is 0 Å². The molecule has 1 amide bonds. The monoisotopic (exact) mass is 365 g/mol. The summed E-state index contributed by atoms with van der Waals surface area (Å²) in [5.74, 6) is 0.500. The first kappa shape index (κ1) is 17.0. The Morgan fingerprint density at radius 1 is 1.38 bits per heavy atom. The summed E-state index contributed by atoms with van der Waals surface area (Å²) in [7, 11) is 1.80. The molecule has 1 saturated heterocycles. The first-order valence-electron chi connectivity index (χ1n) is 7.62. The standard InChI is InChI=1S/C17H17Cl2N3O2/c1-22(12-6-8-20-10-12)17(23)13-3-2-7-21-16(13)24-15-5-4-11(18)9-14(15)19/h2-5,7,9,12,20H,6,8,10H2,1H3. The van der Waals surface area contributed by atoms with Crippen molar-refractivity contribution in [2.45, 2.75) is 12.5 Å². The summed E-state index contributed by atoms with van der Waals surface area (Å²) in [6.07, 6.45) is 2.51. The Morgan fingerprint density at radius 3 is 2.92 bits per heavy atom. The van der Waals surface area contributed by atoms with Gasteiger partial charge in [-0.2, -0.15) is 0 Å². The van der Waals surface area contributed by atoms with E-state index in [1.54, 1.807) is 48.5 Å². The lowest BCUT2D eigenvalue weighted by atomic mass is 10.2. The van der Waals surface area contributed by atoms with Gasteiger partial charge in [0.05, 0.1) is 5.02 Å². The third kappa shape index (κ3) is 3.64. The van der Waals surface area contributed by atoms with Crippen molar-refractivity contribution >= 4 is 29.1 Å². The summed E-state index contributed by atoms with van der Waals surface area (Å²) in [5.41, 5.74) is 0.401. The van der Waals surface area contributed by atoms with Gasteiger partial charge in [-0.05, 0) is 43.3 Å². The van der Waals surface area contributed by atoms with Crippen LogP contribution in [0.3, 0.4) is 0 Å². The number of nitrogens with one attached hydrogen (secondary N) is 1. The molecule has 0 spiro atoms. The Hall–Kier alpha value is -1.82. The van der Waals surface area contributed by atoms with Crippen LogP contribution in [0.4, 0.5) is 0 Å². The molecule has 0 aliphatic carbocycles. The van der Waals surface area contributed by atoms with Crippen molar-refractivity contribution in [2.24, 2.45) is 0 Å². The second kappa shape index (κ2) is 7.38. The summed E-state index contributed by atoms with van der Waals surface area (Å²) >= 11 is 12.0. The van der Waals surface area contributed by atoms with Crippen LogP contribution >= 0.6 is 23.2 Å². The predicted molar refractivity (Wildman–Crippen MR) is 94.1 cm³/mol. The van der Waals surface area contributed by atoms with E-state index >= 15 is 0 Å². The van der Waals surface area contributed by atoms with Gasteiger partial charge in [0.25, 0.3) is 5.91 Å². The van der Waals surface area contributed by atoms with Crippen molar-refractivity contribution < 1.29 is 9.53 Å². The lowest BCUT2D eigenvalue weighted by Gasteiger charge is -2.24. The van der Waals surface area contributed by atoms with Crippen molar-refractivity contribution in [3.05, 3.63) is 52.1 Å². The fraction of sp³-hybridized carbons (Fsp3) is 0.294. The van der Waals surface area contributed by atoms with Gasteiger partial charge in [0.1, 0.15) is 11.3 Å². The van der Waals surface area contributed by atoms with Gasteiger partial charge in [0, 0.05) is 30.9 Å². The van der Waals surface area contributed by atoms with E-state index in [9.17, 15) is 4.79 Å². The van der Waals surface area contributed by atoms with Crippen molar-refractivity contribution in [3.8, 4) is 11.6 Å². The molecule has 1 aliphatic rings. The Bertz CT molecular complexity index is 748. The highest BCUT2D eigenvalue weighted by Crippen LogP contribution is 2.32. The zero-order valence-corrected chi connectivity index (χ0v) is 14.6. The topological polar surface area (TPSA) is 54.5 Å². The maximum Gasteiger partial charge on any atom is 0.259 e. The van der Waals surface area contributed by atoms with Crippen molar-refractivity contribution in [1.29, 1.82) is 0 Å². The molecule has 7 heteroatoms. The highest BCUT2D eigenvalue weighted by molar-refractivity contribution is 6.35. The van der Waals surface area contributed by atoms with E-state index in [4.69, 9.17) is 27.9 Å². The molecule has 1 aliphatic heterocycles. The predicted octanol–water partition coefficient (Wildman–Crippen LogP) is 3.61. The number of aromatic nitrogens is 1. The summed E-state index contributed by atoms with van der Waals surface area (Å²) in [6.45, 7) is 1.71. The molecule has 1 N–H and O–H groups in total. The molecule has 1 atom stereocenters. The Labute approximate surface area is 150 Å². The average molecular weight is 366 g/mol. The summed E-state index contributed by atoms with van der Waals surface area (Å²) in [4.78, 5) is 18.7. The van der Waals surface area contributed by atoms with Crippen LogP contribution in [0.1, 0.15) is 16.8 Å². The first-order valence-corrected chi connectivity index (χ1v) is 8.37. The number of rotatable bonds is 4. The van der Waals surface area contributed by atoms with Crippen LogP contribution in [0.15, 0.2) is 36.5 Å². The van der Waals surface area contributed by atoms with Crippen LogP contribution in [0.5, 0.6) is 11.6 Å². The number of carbonyl (C=O) groups is 1. The maximum absolute atomic E-state index is 12.8. The highest BCUT2D eigenvalue weighted by Gasteiger charge is 2.26. The van der Waals surface area contributed by atoms with E-state index in [1.165, 1.54) is 0 Å². The maximum atomic E-state index is 12.8. The number of hydrogen-bond acceptors (Lipinski definition) is 4. The molecule has 2 heterocycles. The van der Waals surface area contributed by atoms with Gasteiger partial charge in [-0.25, -0.2) is 4.98 Å². The highest BCUT2D eigenvalue weighted by atomic mass is 35.5. The van der Waals surface area contributed by atoms with E-state index in [-0.39, 0.29) is 17.8 Å². The number of ether oxygens (including phenoxy) is 1. The molecule has 0 bridgehead atoms. The van der Waals surface area contributed by atoms with Crippen molar-refractivity contribution in [1.82, 2.24) is 15.2 Å². The molecule has 1 unspecified atom stereocenters. The molecule has 3 rings (SSSR count). The van der Waals surface area contributed by atoms with Crippen LogP contribution in [0.2, 0.25) is 10.0 Å². The van der Waals surface area contributed by atoms with Gasteiger partial charge in [-0.1, -0.05) is 23.2 Å². The third-order valence-electron chi connectivity index (χ3n) is 4.00. The number of amides is 1. The summed E-state index contributed by atoms with van der Waals surface area (Å²) in [6, 6.07) is 8.49. The lowest BCUT2D eigenvalue weighted by molar-refractivity contribution is 0.0740. The van der Waals surface area contributed by atoms with Crippen LogP contribution in [0.25, 0.3) is 0 Å². The largest absolute Gasteiger partial charge is 0.437 e. The third-order valence-corrected chi connectivity index (χ3v) is 4.53. The van der Waals surface area contributed by atoms with E-state index in [0.717, 1.165) is 19.5 Å². The average Bonchev–Trinajstić information content (AvgIpc) is 3.11. The SMILES string of the molecule is CN(C(=O)c1cccnc1Oc1ccc(Cl)cc1Cl)C1CCNC1. The smallest absolute Gasteiger partial charge is 0.259 e. The zero-order chi connectivity index (χ0) is 17.1. The molecule has 0 saturated carbocycles. The number of hydrogen-bond donors (Lipinski definition) is 1. The van der Waals surface area contributed by atoms with Crippen molar-refractivity contribution in [2.75, 3.05) is 20.1 Å². The number of carbonyl (C=O) groups excluding carboxylic acids is 1. The molecular weight excluding hydrogens is 349 g/mol. The number of likely N-dealkylation sites (N-methyl/N-ethyl adjacent to an activating group) is 1. The quantitative estimate of drug-likeness (QED) is 0.898. The zero-order valence-electron chi connectivity index (χ0n) is 13.1. The van der Waals surface area contributed by atoms with Crippen LogP contribution < -0.4 is 10.1 Å². The minimum absolute atomic E-state index is 0.128. The summed E-state index contributed by atoms with van der Waals surface area (Å²) in [5, 5.41) is 4.13. The number of pyridine rings is 1. The number of halogens is 2. The van der Waals surface area contributed by atoms with Gasteiger partial charge in [-0.15, -0.1) is 0 Å². The number of nitrogens with zero attached hydrogens (tertiary/aromatic N) is 2. The molecule has 1 aromatic heterocycles. The molecule has 1 fully saturated rings. The Morgan fingerprint density at radius 2 is 2.21 bits per heavy atom. The van der Waals surface area contributed by atoms with E-state index in [2.05, 4.69) is 10.3 Å². The van der Waals surface area contributed by atoms with E-state index < -0.39 is 0 Å². The molecule has 126 valence electrons. The van der Waals surface area contributed by atoms with Crippen LogP contribution in [-0.4, -0.2) is 42.0 Å². The molecule has 1 aromatic carbocycles. The van der Waals surface area contributed by atoms with Gasteiger partial charge >= 0.3 is 0 Å². The fourth-order valence-electron chi connectivity index (χ4n) is 2.62. The minimum Gasteiger partial charge on any atom is -0.437 e. The van der Waals surface area contributed by atoms with Crippen LogP contribution in [-0.2, 0) is 0 Å². The van der Waals surface area contributed by atoms with E-state index in [1.807, 2.05) is 0 Å². The van der Waals surface area contributed by atoms with E-state index in [0.29, 0.717) is 21.4 Å². The summed E-state index contributed by atoms with van der Waals surface area (Å²) < 4.78 is 5.76.